The smallest absolute Gasteiger partial charge is 0.133 e. The Balaban J connectivity index is 3.41. The van der Waals surface area contributed by atoms with Gasteiger partial charge in [0.15, 0.2) is 0 Å². The van der Waals surface area contributed by atoms with Crippen LogP contribution in [-0.4, -0.2) is 10.2 Å². The predicted octanol–water partition coefficient (Wildman–Crippen LogP) is 3.99. The molecule has 13 heavy (non-hydrogen) atoms. The quantitative estimate of drug-likeness (QED) is 0.411. The number of halogens is 1. The average Bonchev–Trinajstić information content (AvgIpc) is 1.94. The zero-order valence-electron chi connectivity index (χ0n) is 9.03. The lowest BCUT2D eigenvalue weighted by molar-refractivity contribution is -0.120. The van der Waals surface area contributed by atoms with Gasteiger partial charge in [-0.15, -0.1) is 0 Å². The maximum Gasteiger partial charge on any atom is 0.133 e. The van der Waals surface area contributed by atoms with E-state index in [1.165, 1.54) is 17.3 Å². The molecule has 0 aliphatic heterocycles. The lowest BCUT2D eigenvalue weighted by Gasteiger charge is -2.16. The lowest BCUT2D eigenvalue weighted by Crippen LogP contribution is -2.12. The van der Waals surface area contributed by atoms with Crippen molar-refractivity contribution < 1.29 is 4.79 Å². The highest BCUT2D eigenvalue weighted by molar-refractivity contribution is 14.1. The molecule has 0 radical (unpaired) electrons. The topological polar surface area (TPSA) is 17.1 Å². The van der Waals surface area contributed by atoms with Crippen molar-refractivity contribution in [2.75, 3.05) is 4.43 Å². The van der Waals surface area contributed by atoms with Gasteiger partial charge in [-0.1, -0.05) is 49.8 Å². The summed E-state index contributed by atoms with van der Waals surface area (Å²) in [5, 5.41) is 0. The highest BCUT2D eigenvalue weighted by Gasteiger charge is 2.14. The Morgan fingerprint density at radius 1 is 1.15 bits per heavy atom. The van der Waals surface area contributed by atoms with Gasteiger partial charge in [0, 0.05) is 12.8 Å². The molecule has 0 bridgehead atoms. The Bertz CT molecular complexity index is 147. The second-order valence-corrected chi connectivity index (χ2v) is 5.85. The van der Waals surface area contributed by atoms with Gasteiger partial charge in [0.2, 0.25) is 0 Å². The third-order valence-corrected chi connectivity index (χ3v) is 2.58. The molecule has 0 aromatic rings. The molecule has 0 saturated heterocycles. The van der Waals surface area contributed by atoms with Gasteiger partial charge in [-0.05, 0) is 22.7 Å². The summed E-state index contributed by atoms with van der Waals surface area (Å²) in [6.07, 6.45) is 5.06. The maximum absolute atomic E-state index is 11.4. The Morgan fingerprint density at radius 2 is 1.77 bits per heavy atom. The number of alkyl halides is 1. The number of carbonyl (C=O) groups excluding carboxylic acids is 1. The van der Waals surface area contributed by atoms with Gasteiger partial charge in [-0.3, -0.25) is 4.79 Å². The second kappa shape index (κ2) is 6.80. The summed E-state index contributed by atoms with van der Waals surface area (Å²) in [6.45, 7) is 6.36. The number of rotatable bonds is 6. The Kier molecular flexibility index (Phi) is 7.00. The number of hydrogen-bond donors (Lipinski definition) is 0. The number of hydrogen-bond acceptors (Lipinski definition) is 1. The fourth-order valence-corrected chi connectivity index (χ4v) is 1.81. The van der Waals surface area contributed by atoms with Gasteiger partial charge in [0.25, 0.3) is 0 Å². The molecule has 1 nitrogen and oxygen atoms in total. The van der Waals surface area contributed by atoms with Gasteiger partial charge in [0.05, 0.1) is 0 Å². The van der Waals surface area contributed by atoms with E-state index in [2.05, 4.69) is 43.4 Å². The molecular weight excluding hydrogens is 275 g/mol. The standard InChI is InChI=1S/C11H21IO/c1-11(2,3)9-10(13)7-5-4-6-8-12/h4-9H2,1-3H3. The number of ketones is 1. The molecule has 0 aliphatic rings. The van der Waals surface area contributed by atoms with Crippen molar-refractivity contribution in [2.24, 2.45) is 5.41 Å². The van der Waals surface area contributed by atoms with Crippen LogP contribution in [0, 0.1) is 5.41 Å². The minimum absolute atomic E-state index is 0.167. The third-order valence-electron chi connectivity index (χ3n) is 1.82. The van der Waals surface area contributed by atoms with Crippen molar-refractivity contribution in [1.82, 2.24) is 0 Å². The summed E-state index contributed by atoms with van der Waals surface area (Å²) in [5.74, 6) is 0.431. The summed E-state index contributed by atoms with van der Waals surface area (Å²) in [7, 11) is 0. The molecule has 78 valence electrons. The van der Waals surface area contributed by atoms with Crippen LogP contribution >= 0.6 is 22.6 Å². The Hall–Kier alpha value is 0.400. The second-order valence-electron chi connectivity index (χ2n) is 4.78. The lowest BCUT2D eigenvalue weighted by atomic mass is 9.88. The van der Waals surface area contributed by atoms with Crippen molar-refractivity contribution in [1.29, 1.82) is 0 Å². The van der Waals surface area contributed by atoms with Crippen molar-refractivity contribution in [3.8, 4) is 0 Å². The first-order chi connectivity index (χ1) is 5.95. The molecule has 0 unspecified atom stereocenters. The molecule has 0 aromatic carbocycles. The fraction of sp³-hybridized carbons (Fsp3) is 0.909. The molecule has 0 aromatic heterocycles. The number of unbranched alkanes of at least 4 members (excludes halogenated alkanes) is 2. The van der Waals surface area contributed by atoms with Crippen molar-refractivity contribution in [3.05, 3.63) is 0 Å². The summed E-state index contributed by atoms with van der Waals surface area (Å²) in [4.78, 5) is 11.4. The van der Waals surface area contributed by atoms with Crippen molar-refractivity contribution in [2.45, 2.75) is 52.9 Å². The van der Waals surface area contributed by atoms with E-state index in [-0.39, 0.29) is 5.41 Å². The van der Waals surface area contributed by atoms with Crippen LogP contribution in [0.25, 0.3) is 0 Å². The summed E-state index contributed by atoms with van der Waals surface area (Å²) in [5.41, 5.74) is 0.167. The van der Waals surface area contributed by atoms with E-state index in [0.717, 1.165) is 19.3 Å². The van der Waals surface area contributed by atoms with Crippen LogP contribution in [0.15, 0.2) is 0 Å². The highest BCUT2D eigenvalue weighted by atomic mass is 127. The van der Waals surface area contributed by atoms with Crippen LogP contribution < -0.4 is 0 Å². The van der Waals surface area contributed by atoms with Gasteiger partial charge in [-0.25, -0.2) is 0 Å². The van der Waals surface area contributed by atoms with Crippen molar-refractivity contribution >= 4 is 28.4 Å². The van der Waals surface area contributed by atoms with E-state index in [1.54, 1.807) is 0 Å². The SMILES string of the molecule is CC(C)(C)CC(=O)CCCCCI. The largest absolute Gasteiger partial charge is 0.300 e. The monoisotopic (exact) mass is 296 g/mol. The highest BCUT2D eigenvalue weighted by Crippen LogP contribution is 2.20. The molecular formula is C11H21IO. The molecule has 0 saturated carbocycles. The number of Topliss-reactive ketones (excluding diaryl/α,β-unsaturated/α-hetero) is 1. The van der Waals surface area contributed by atoms with E-state index in [1.807, 2.05) is 0 Å². The van der Waals surface area contributed by atoms with Crippen LogP contribution in [0.4, 0.5) is 0 Å². The van der Waals surface area contributed by atoms with Gasteiger partial charge >= 0.3 is 0 Å². The van der Waals surface area contributed by atoms with E-state index in [0.29, 0.717) is 5.78 Å². The fourth-order valence-electron chi connectivity index (χ4n) is 1.27. The van der Waals surface area contributed by atoms with E-state index >= 15 is 0 Å². The Morgan fingerprint density at radius 3 is 2.23 bits per heavy atom. The molecule has 0 aliphatic carbocycles. The van der Waals surface area contributed by atoms with E-state index in [9.17, 15) is 4.79 Å². The van der Waals surface area contributed by atoms with Gasteiger partial charge in [0.1, 0.15) is 5.78 Å². The maximum atomic E-state index is 11.4. The average molecular weight is 296 g/mol. The molecule has 0 spiro atoms. The van der Waals surface area contributed by atoms with E-state index in [4.69, 9.17) is 0 Å². The molecule has 0 heterocycles. The van der Waals surface area contributed by atoms with Crippen LogP contribution in [0.2, 0.25) is 0 Å². The zero-order chi connectivity index (χ0) is 10.3. The van der Waals surface area contributed by atoms with Crippen LogP contribution in [-0.2, 0) is 4.79 Å². The summed E-state index contributed by atoms with van der Waals surface area (Å²) >= 11 is 2.38. The van der Waals surface area contributed by atoms with Crippen molar-refractivity contribution in [3.63, 3.8) is 0 Å². The normalized spacial score (nSPS) is 11.7. The Labute approximate surface area is 95.8 Å². The number of carbonyl (C=O) groups is 1. The van der Waals surface area contributed by atoms with Crippen LogP contribution in [0.1, 0.15) is 52.9 Å². The first-order valence-electron chi connectivity index (χ1n) is 5.03. The first kappa shape index (κ1) is 13.4. The molecule has 0 rings (SSSR count). The predicted molar refractivity (Wildman–Crippen MR) is 66.4 cm³/mol. The summed E-state index contributed by atoms with van der Waals surface area (Å²) in [6, 6.07) is 0. The van der Waals surface area contributed by atoms with Gasteiger partial charge < -0.3 is 0 Å². The molecule has 0 amide bonds. The molecule has 2 heteroatoms. The molecule has 0 atom stereocenters. The first-order valence-corrected chi connectivity index (χ1v) is 6.56. The molecule has 0 fully saturated rings. The minimum atomic E-state index is 0.167. The van der Waals surface area contributed by atoms with Crippen LogP contribution in [0.3, 0.4) is 0 Å². The van der Waals surface area contributed by atoms with E-state index < -0.39 is 0 Å². The van der Waals surface area contributed by atoms with Gasteiger partial charge in [-0.2, -0.15) is 0 Å². The molecule has 0 N–H and O–H groups in total. The summed E-state index contributed by atoms with van der Waals surface area (Å²) < 4.78 is 1.21. The third kappa shape index (κ3) is 10.3. The zero-order valence-corrected chi connectivity index (χ0v) is 11.2. The van der Waals surface area contributed by atoms with Crippen LogP contribution in [0.5, 0.6) is 0 Å². The minimum Gasteiger partial charge on any atom is -0.300 e.